The van der Waals surface area contributed by atoms with E-state index in [2.05, 4.69) is 46.1 Å². The van der Waals surface area contributed by atoms with Crippen LogP contribution in [0.15, 0.2) is 70.6 Å². The fourth-order valence-electron chi connectivity index (χ4n) is 6.76. The van der Waals surface area contributed by atoms with E-state index in [1.807, 2.05) is 34.7 Å². The van der Waals surface area contributed by atoms with Crippen molar-refractivity contribution in [3.05, 3.63) is 98.2 Å². The topological polar surface area (TPSA) is 279 Å². The van der Waals surface area contributed by atoms with Crippen LogP contribution in [0.25, 0.3) is 22.3 Å². The van der Waals surface area contributed by atoms with E-state index >= 15 is 0 Å². The summed E-state index contributed by atoms with van der Waals surface area (Å²) in [4.78, 5) is 86.2. The first kappa shape index (κ1) is 43.4. The van der Waals surface area contributed by atoms with E-state index in [0.29, 0.717) is 41.1 Å². The molecule has 2 aromatic carbocycles. The Kier molecular flexibility index (Phi) is 13.4. The fraction of sp³-hybridized carbons (Fsp3) is 0.333. The molecule has 22 heteroatoms. The first-order valence-corrected chi connectivity index (χ1v) is 19.4. The zero-order valence-electron chi connectivity index (χ0n) is 33.6. The highest BCUT2D eigenvalue weighted by molar-refractivity contribution is 6.33. The number of nitrogens with two attached hydrogens (primary N) is 2. The molecular weight excluding hydrogens is 812 g/mol. The zero-order chi connectivity index (χ0) is 44.0. The van der Waals surface area contributed by atoms with Crippen LogP contribution >= 0.6 is 11.6 Å². The summed E-state index contributed by atoms with van der Waals surface area (Å²) in [5.41, 5.74) is 15.0. The first-order valence-electron chi connectivity index (χ1n) is 19.0. The predicted octanol–water partition coefficient (Wildman–Crippen LogP) is 1.18. The highest BCUT2D eigenvalue weighted by Crippen LogP contribution is 2.26. The van der Waals surface area contributed by atoms with E-state index in [4.69, 9.17) is 28.2 Å². The van der Waals surface area contributed by atoms with Crippen LogP contribution in [0.1, 0.15) is 28.9 Å². The third-order valence-corrected chi connectivity index (χ3v) is 10.5. The van der Waals surface area contributed by atoms with Crippen LogP contribution in [-0.4, -0.2) is 117 Å². The van der Waals surface area contributed by atoms with Crippen LogP contribution in [0.2, 0.25) is 5.02 Å². The Morgan fingerprint density at radius 2 is 1.62 bits per heavy atom. The molecule has 1 atom stereocenters. The number of amides is 1. The number of hydrogen-bond acceptors (Lipinski definition) is 15. The standard InChI is InChI=1S/C20H22N8O5.C19H23ClN6O2/c1-28(9-11-8-23-17-15(24-11)16(21)26-20(22)27-17)12-4-2-10(3-5-12)18(31)25-13(19(32)33)6-7-14(29)30;1-22-17-16(18(27)23(2)19(22)28)26(13-21-17)12-9-24-7-10-25(11-8-24)15-6-4-3-5-14(15)20/h2-5,8,13H,6-7,9H2,1H3,(H,25,31)(H,29,30)(H,32,33)(H4,21,22,23,26,27);3-6,13H,7-12H2,1-2H3/t13-;/m1./s1. The van der Waals surface area contributed by atoms with Crippen LogP contribution in [0.3, 0.4) is 0 Å². The summed E-state index contributed by atoms with van der Waals surface area (Å²) in [6.45, 7) is 5.50. The second-order valence-corrected chi connectivity index (χ2v) is 14.7. The molecule has 0 aliphatic carbocycles. The molecule has 320 valence electrons. The summed E-state index contributed by atoms with van der Waals surface area (Å²) in [5, 5.41) is 21.0. The molecule has 1 aliphatic heterocycles. The number of anilines is 4. The van der Waals surface area contributed by atoms with Crippen LogP contribution < -0.4 is 37.8 Å². The van der Waals surface area contributed by atoms with Crippen LogP contribution in [-0.2, 0) is 36.8 Å². The second-order valence-electron chi connectivity index (χ2n) is 14.3. The Labute approximate surface area is 352 Å². The van der Waals surface area contributed by atoms with E-state index in [1.165, 1.54) is 23.7 Å². The maximum absolute atomic E-state index is 12.5. The number of fused-ring (bicyclic) bond motifs is 2. The van der Waals surface area contributed by atoms with Crippen molar-refractivity contribution in [2.45, 2.75) is 32.0 Å². The monoisotopic (exact) mass is 856 g/mol. The van der Waals surface area contributed by atoms with Gasteiger partial charge in [0.1, 0.15) is 6.04 Å². The Bertz CT molecular complexity index is 2690. The molecule has 0 unspecified atom stereocenters. The first-order chi connectivity index (χ1) is 29.1. The molecule has 61 heavy (non-hydrogen) atoms. The largest absolute Gasteiger partial charge is 0.481 e. The minimum atomic E-state index is -1.30. The molecule has 1 fully saturated rings. The Morgan fingerprint density at radius 1 is 0.918 bits per heavy atom. The maximum Gasteiger partial charge on any atom is 0.332 e. The number of aliphatic carboxylic acids is 2. The predicted molar refractivity (Wildman–Crippen MR) is 229 cm³/mol. The average Bonchev–Trinajstić information content (AvgIpc) is 3.68. The number of hydrogen-bond donors (Lipinski definition) is 5. The molecule has 5 heterocycles. The summed E-state index contributed by atoms with van der Waals surface area (Å²) in [5.74, 6) is -2.91. The van der Waals surface area contributed by atoms with Gasteiger partial charge in [-0.3, -0.25) is 28.4 Å². The van der Waals surface area contributed by atoms with Gasteiger partial charge in [0.05, 0.1) is 35.5 Å². The van der Waals surface area contributed by atoms with Crippen LogP contribution in [0.5, 0.6) is 0 Å². The molecule has 21 nitrogen and oxygen atoms in total. The van der Waals surface area contributed by atoms with Crippen LogP contribution in [0.4, 0.5) is 23.1 Å². The minimum absolute atomic E-state index is 0.0138. The second kappa shape index (κ2) is 18.8. The molecule has 4 aromatic heterocycles. The van der Waals surface area contributed by atoms with E-state index in [-0.39, 0.29) is 41.4 Å². The molecule has 7 rings (SSSR count). The number of aromatic nitrogens is 8. The molecule has 0 spiro atoms. The number of carbonyl (C=O) groups is 3. The average molecular weight is 857 g/mol. The van der Waals surface area contributed by atoms with Crippen molar-refractivity contribution in [1.29, 1.82) is 0 Å². The smallest absolute Gasteiger partial charge is 0.332 e. The van der Waals surface area contributed by atoms with E-state index in [9.17, 15) is 29.1 Å². The van der Waals surface area contributed by atoms with Gasteiger partial charge >= 0.3 is 17.6 Å². The number of para-hydroxylation sites is 1. The molecule has 6 aromatic rings. The summed E-state index contributed by atoms with van der Waals surface area (Å²) in [7, 11) is 4.95. The lowest BCUT2D eigenvalue weighted by Gasteiger charge is -2.36. The fourth-order valence-corrected chi connectivity index (χ4v) is 7.02. The summed E-state index contributed by atoms with van der Waals surface area (Å²) < 4.78 is 4.38. The van der Waals surface area contributed by atoms with Crippen molar-refractivity contribution in [3.8, 4) is 0 Å². The van der Waals surface area contributed by atoms with Gasteiger partial charge in [0.25, 0.3) is 11.5 Å². The highest BCUT2D eigenvalue weighted by Gasteiger charge is 2.23. The highest BCUT2D eigenvalue weighted by atomic mass is 35.5. The number of aryl methyl sites for hydroxylation is 1. The lowest BCUT2D eigenvalue weighted by atomic mass is 10.1. The van der Waals surface area contributed by atoms with Crippen molar-refractivity contribution >= 4 is 74.9 Å². The van der Waals surface area contributed by atoms with Gasteiger partial charge in [0.2, 0.25) is 5.95 Å². The third kappa shape index (κ3) is 10.2. The molecule has 0 bridgehead atoms. The number of carboxylic acids is 2. The SMILES string of the molecule is CN(Cc1cnc2nc(N)nc(N)c2n1)c1ccc(C(=O)N[C@H](CCC(=O)O)C(=O)O)cc1.Cn1c(=O)c2c(ncn2CCN2CCN(c3ccccc3Cl)CC2)n(C)c1=O. The molecule has 0 radical (unpaired) electrons. The number of nitrogen functional groups attached to an aromatic ring is 2. The number of piperazine rings is 1. The number of nitrogens with one attached hydrogen (secondary N) is 1. The van der Waals surface area contributed by atoms with Crippen molar-refractivity contribution in [2.75, 3.05) is 61.0 Å². The molecule has 1 amide bonds. The molecule has 1 aliphatic rings. The molecular formula is C39H45ClN14O7. The van der Waals surface area contributed by atoms with Crippen molar-refractivity contribution in [1.82, 2.24) is 48.8 Å². The van der Waals surface area contributed by atoms with Crippen molar-refractivity contribution < 1.29 is 24.6 Å². The van der Waals surface area contributed by atoms with Gasteiger partial charge < -0.3 is 41.4 Å². The van der Waals surface area contributed by atoms with E-state index < -0.39 is 23.9 Å². The summed E-state index contributed by atoms with van der Waals surface area (Å²) in [6, 6.07) is 13.1. The quantitative estimate of drug-likeness (QED) is 0.109. The van der Waals surface area contributed by atoms with E-state index in [1.54, 1.807) is 31.7 Å². The molecule has 1 saturated heterocycles. The number of rotatable bonds is 13. The number of halogens is 1. The number of benzene rings is 2. The third-order valence-electron chi connectivity index (χ3n) is 10.2. The van der Waals surface area contributed by atoms with Gasteiger partial charge in [0.15, 0.2) is 28.1 Å². The maximum atomic E-state index is 12.5. The van der Waals surface area contributed by atoms with E-state index in [0.717, 1.165) is 53.7 Å². The molecule has 7 N–H and O–H groups in total. The number of nitrogens with zero attached hydrogens (tertiary/aromatic N) is 11. The van der Waals surface area contributed by atoms with Gasteiger partial charge in [-0.2, -0.15) is 9.97 Å². The van der Waals surface area contributed by atoms with Crippen molar-refractivity contribution in [3.63, 3.8) is 0 Å². The minimum Gasteiger partial charge on any atom is -0.481 e. The summed E-state index contributed by atoms with van der Waals surface area (Å²) >= 11 is 6.31. The lowest BCUT2D eigenvalue weighted by Crippen LogP contribution is -2.47. The number of carboxylic acid groups (broad SMARTS) is 2. The normalized spacial score (nSPS) is 13.4. The van der Waals surface area contributed by atoms with Gasteiger partial charge in [-0.05, 0) is 42.8 Å². The number of imidazole rings is 1. The Morgan fingerprint density at radius 3 is 2.30 bits per heavy atom. The Hall–Kier alpha value is -7.13. The number of carbonyl (C=O) groups excluding carboxylic acids is 1. The van der Waals surface area contributed by atoms with Gasteiger partial charge in [-0.25, -0.2) is 24.5 Å². The van der Waals surface area contributed by atoms with Crippen LogP contribution in [0, 0.1) is 0 Å². The lowest BCUT2D eigenvalue weighted by molar-refractivity contribution is -0.140. The van der Waals surface area contributed by atoms with Crippen molar-refractivity contribution in [2.24, 2.45) is 14.1 Å². The molecule has 0 saturated carbocycles. The zero-order valence-corrected chi connectivity index (χ0v) is 34.4. The van der Waals surface area contributed by atoms with Gasteiger partial charge in [0, 0.05) is 78.1 Å². The van der Waals surface area contributed by atoms with Gasteiger partial charge in [-0.1, -0.05) is 23.7 Å². The van der Waals surface area contributed by atoms with Gasteiger partial charge in [-0.15, -0.1) is 0 Å². The summed E-state index contributed by atoms with van der Waals surface area (Å²) in [6.07, 6.45) is 2.61. The Balaban J connectivity index is 0.000000206.